The molecule has 0 fully saturated rings. The van der Waals surface area contributed by atoms with Crippen LogP contribution in [0.4, 0.5) is 0 Å². The molecular weight excluding hydrogens is 246 g/mol. The molecule has 0 radical (unpaired) electrons. The average molecular weight is 271 g/mol. The fraction of sp³-hybridized carbons (Fsp3) is 0.846. The highest BCUT2D eigenvalue weighted by Crippen LogP contribution is 2.16. The maximum absolute atomic E-state index is 6.15. The van der Waals surface area contributed by atoms with Gasteiger partial charge in [0.2, 0.25) is 5.89 Å². The molecule has 110 valence electrons. The van der Waals surface area contributed by atoms with E-state index in [4.69, 9.17) is 19.7 Å². The van der Waals surface area contributed by atoms with Crippen molar-refractivity contribution in [2.75, 3.05) is 26.9 Å². The summed E-state index contributed by atoms with van der Waals surface area (Å²) in [5.74, 6) is 1.41. The van der Waals surface area contributed by atoms with Crippen molar-refractivity contribution < 1.29 is 14.0 Å². The van der Waals surface area contributed by atoms with Crippen LogP contribution in [0, 0.1) is 5.92 Å². The molecule has 2 atom stereocenters. The van der Waals surface area contributed by atoms with Crippen molar-refractivity contribution in [3.05, 3.63) is 11.7 Å². The van der Waals surface area contributed by atoms with Crippen LogP contribution in [0.5, 0.6) is 0 Å². The standard InChI is InChI=1S/C13H25N3O3/c1-5-6-18-9-13(3,14)12-15-11(19-16-12)7-10(2)8-17-4/h10H,5-9,14H2,1-4H3. The van der Waals surface area contributed by atoms with E-state index in [9.17, 15) is 0 Å². The second kappa shape index (κ2) is 7.57. The molecular formula is C13H25N3O3. The van der Waals surface area contributed by atoms with Crippen LogP contribution in [0.15, 0.2) is 4.52 Å². The lowest BCUT2D eigenvalue weighted by molar-refractivity contribution is 0.0867. The summed E-state index contributed by atoms with van der Waals surface area (Å²) in [4.78, 5) is 4.34. The molecule has 19 heavy (non-hydrogen) atoms. The lowest BCUT2D eigenvalue weighted by Gasteiger charge is -2.19. The van der Waals surface area contributed by atoms with E-state index in [2.05, 4.69) is 24.0 Å². The number of methoxy groups -OCH3 is 1. The number of rotatable bonds is 9. The quantitative estimate of drug-likeness (QED) is 0.685. The van der Waals surface area contributed by atoms with Gasteiger partial charge in [-0.1, -0.05) is 19.0 Å². The van der Waals surface area contributed by atoms with Gasteiger partial charge in [-0.15, -0.1) is 0 Å². The van der Waals surface area contributed by atoms with E-state index in [1.54, 1.807) is 7.11 Å². The fourth-order valence-electron chi connectivity index (χ4n) is 1.70. The van der Waals surface area contributed by atoms with Crippen molar-refractivity contribution in [1.82, 2.24) is 10.1 Å². The van der Waals surface area contributed by atoms with Gasteiger partial charge in [-0.2, -0.15) is 4.98 Å². The number of nitrogens with two attached hydrogens (primary N) is 1. The zero-order valence-electron chi connectivity index (χ0n) is 12.3. The van der Waals surface area contributed by atoms with Crippen LogP contribution in [-0.4, -0.2) is 37.1 Å². The summed E-state index contributed by atoms with van der Waals surface area (Å²) in [6, 6.07) is 0. The van der Waals surface area contributed by atoms with Gasteiger partial charge >= 0.3 is 0 Å². The number of hydrogen-bond acceptors (Lipinski definition) is 6. The van der Waals surface area contributed by atoms with Gasteiger partial charge in [0, 0.05) is 26.7 Å². The highest BCUT2D eigenvalue weighted by molar-refractivity contribution is 5.02. The first-order valence-corrected chi connectivity index (χ1v) is 6.68. The van der Waals surface area contributed by atoms with Gasteiger partial charge in [0.05, 0.1) is 6.61 Å². The first-order valence-electron chi connectivity index (χ1n) is 6.68. The third-order valence-electron chi connectivity index (χ3n) is 2.70. The summed E-state index contributed by atoms with van der Waals surface area (Å²) in [5.41, 5.74) is 5.43. The van der Waals surface area contributed by atoms with E-state index in [1.165, 1.54) is 0 Å². The van der Waals surface area contributed by atoms with Crippen LogP contribution < -0.4 is 5.73 Å². The topological polar surface area (TPSA) is 83.4 Å². The molecule has 6 nitrogen and oxygen atoms in total. The van der Waals surface area contributed by atoms with Crippen LogP contribution >= 0.6 is 0 Å². The average Bonchev–Trinajstić information content (AvgIpc) is 2.78. The van der Waals surface area contributed by atoms with E-state index in [0.29, 0.717) is 43.9 Å². The first-order chi connectivity index (χ1) is 8.99. The van der Waals surface area contributed by atoms with Crippen LogP contribution in [0.1, 0.15) is 38.9 Å². The van der Waals surface area contributed by atoms with E-state index in [-0.39, 0.29) is 0 Å². The lowest BCUT2D eigenvalue weighted by atomic mass is 10.1. The molecule has 1 aromatic rings. The van der Waals surface area contributed by atoms with Gasteiger partial charge in [0.25, 0.3) is 0 Å². The second-order valence-corrected chi connectivity index (χ2v) is 5.25. The van der Waals surface area contributed by atoms with Gasteiger partial charge < -0.3 is 19.7 Å². The highest BCUT2D eigenvalue weighted by Gasteiger charge is 2.28. The molecule has 0 aliphatic rings. The Morgan fingerprint density at radius 3 is 2.84 bits per heavy atom. The minimum atomic E-state index is -0.721. The molecule has 0 spiro atoms. The Balaban J connectivity index is 2.57. The third-order valence-corrected chi connectivity index (χ3v) is 2.70. The van der Waals surface area contributed by atoms with Gasteiger partial charge in [-0.05, 0) is 19.3 Å². The smallest absolute Gasteiger partial charge is 0.227 e. The highest BCUT2D eigenvalue weighted by atomic mass is 16.5. The first kappa shape index (κ1) is 16.1. The summed E-state index contributed by atoms with van der Waals surface area (Å²) >= 11 is 0. The molecule has 0 aliphatic heterocycles. The van der Waals surface area contributed by atoms with Crippen molar-refractivity contribution in [3.63, 3.8) is 0 Å². The van der Waals surface area contributed by atoms with Gasteiger partial charge in [0.1, 0.15) is 5.54 Å². The molecule has 2 N–H and O–H groups in total. The Kier molecular flexibility index (Phi) is 6.41. The maximum Gasteiger partial charge on any atom is 0.227 e. The Morgan fingerprint density at radius 2 is 2.21 bits per heavy atom. The molecule has 0 aliphatic carbocycles. The van der Waals surface area contributed by atoms with Crippen LogP contribution in [0.2, 0.25) is 0 Å². The number of nitrogens with zero attached hydrogens (tertiary/aromatic N) is 2. The van der Waals surface area contributed by atoms with Crippen molar-refractivity contribution in [2.45, 2.75) is 39.2 Å². The molecule has 1 rings (SSSR count). The third kappa shape index (κ3) is 5.26. The van der Waals surface area contributed by atoms with Crippen molar-refractivity contribution in [1.29, 1.82) is 0 Å². The molecule has 1 heterocycles. The number of ether oxygens (including phenoxy) is 2. The normalized spacial score (nSPS) is 16.3. The van der Waals surface area contributed by atoms with Crippen molar-refractivity contribution in [2.24, 2.45) is 11.7 Å². The van der Waals surface area contributed by atoms with E-state index >= 15 is 0 Å². The summed E-state index contributed by atoms with van der Waals surface area (Å²) < 4.78 is 15.8. The lowest BCUT2D eigenvalue weighted by Crippen LogP contribution is -2.39. The van der Waals surface area contributed by atoms with Gasteiger partial charge in [0.15, 0.2) is 5.82 Å². The largest absolute Gasteiger partial charge is 0.384 e. The van der Waals surface area contributed by atoms with Crippen LogP contribution in [0.25, 0.3) is 0 Å². The number of aromatic nitrogens is 2. The molecule has 0 saturated heterocycles. The van der Waals surface area contributed by atoms with Crippen LogP contribution in [0.3, 0.4) is 0 Å². The zero-order valence-corrected chi connectivity index (χ0v) is 12.3. The van der Waals surface area contributed by atoms with Gasteiger partial charge in [-0.25, -0.2) is 0 Å². The Morgan fingerprint density at radius 1 is 1.47 bits per heavy atom. The molecule has 0 aromatic carbocycles. The fourth-order valence-corrected chi connectivity index (χ4v) is 1.70. The van der Waals surface area contributed by atoms with E-state index in [0.717, 1.165) is 6.42 Å². The molecule has 0 amide bonds. The second-order valence-electron chi connectivity index (χ2n) is 5.25. The minimum Gasteiger partial charge on any atom is -0.384 e. The summed E-state index contributed by atoms with van der Waals surface area (Å²) in [7, 11) is 1.68. The SMILES string of the molecule is CCCOCC(C)(N)c1noc(CC(C)COC)n1. The summed E-state index contributed by atoms with van der Waals surface area (Å²) in [6.45, 7) is 7.69. The van der Waals surface area contributed by atoms with Gasteiger partial charge in [-0.3, -0.25) is 0 Å². The van der Waals surface area contributed by atoms with Crippen molar-refractivity contribution >= 4 is 0 Å². The predicted molar refractivity (Wildman–Crippen MR) is 71.7 cm³/mol. The molecule has 1 aromatic heterocycles. The predicted octanol–water partition coefficient (Wildman–Crippen LogP) is 1.50. The van der Waals surface area contributed by atoms with Crippen LogP contribution in [-0.2, 0) is 21.4 Å². The maximum atomic E-state index is 6.15. The zero-order chi connectivity index (χ0) is 14.3. The van der Waals surface area contributed by atoms with E-state index < -0.39 is 5.54 Å². The molecule has 2 unspecified atom stereocenters. The summed E-state index contributed by atoms with van der Waals surface area (Å²) in [6.07, 6.45) is 1.65. The Labute approximate surface area is 114 Å². The Hall–Kier alpha value is -0.980. The number of hydrogen-bond donors (Lipinski definition) is 1. The van der Waals surface area contributed by atoms with Crippen molar-refractivity contribution in [3.8, 4) is 0 Å². The Bertz CT molecular complexity index is 366. The summed E-state index contributed by atoms with van der Waals surface area (Å²) in [5, 5.41) is 3.95. The van der Waals surface area contributed by atoms with E-state index in [1.807, 2.05) is 6.92 Å². The molecule has 0 saturated carbocycles. The monoisotopic (exact) mass is 271 g/mol. The molecule has 0 bridgehead atoms. The molecule has 6 heteroatoms. The minimum absolute atomic E-state index is 0.332.